The highest BCUT2D eigenvalue weighted by Crippen LogP contribution is 2.64. The number of rotatable bonds is 2. The fourth-order valence-electron chi connectivity index (χ4n) is 7.61. The molecule has 1 aromatic carbocycles. The first kappa shape index (κ1) is 18.4. The molecular weight excluding hydrogens is 384 g/mol. The van der Waals surface area contributed by atoms with E-state index in [9.17, 15) is 14.4 Å². The Balaban J connectivity index is 1.54. The highest BCUT2D eigenvalue weighted by Gasteiger charge is 2.72. The first-order chi connectivity index (χ1) is 14.4. The van der Waals surface area contributed by atoms with E-state index >= 15 is 0 Å². The van der Waals surface area contributed by atoms with E-state index in [1.54, 1.807) is 0 Å². The van der Waals surface area contributed by atoms with E-state index in [2.05, 4.69) is 23.1 Å². The third-order valence-electron chi connectivity index (χ3n) is 8.27. The highest BCUT2D eigenvalue weighted by atomic mass is 16.6. The smallest absolute Gasteiger partial charge is 0.302 e. The number of hydrogen-bond acceptors (Lipinski definition) is 6. The van der Waals surface area contributed by atoms with Gasteiger partial charge in [-0.3, -0.25) is 19.3 Å². The number of benzene rings is 1. The Hall–Kier alpha value is -2.41. The lowest BCUT2D eigenvalue weighted by molar-refractivity contribution is -0.177. The van der Waals surface area contributed by atoms with E-state index in [0.717, 1.165) is 25.1 Å². The Labute approximate surface area is 175 Å². The summed E-state index contributed by atoms with van der Waals surface area (Å²) in [6.45, 7) is 4.49. The molecule has 6 rings (SSSR count). The molecule has 2 bridgehead atoms. The standard InChI is InChI=1S/C23H26N2O5/c1-12(26)29-17-10-20(28)25-16-6-4-3-5-15(16)23-7-8-24-11-18(30-13(2)27)14(9-19(23)24)21(17)22(23)25/h3-6,14,17-19,21-22H,7-11H2,1-2H3/t14-,17+,18-,19-,21-,22-,23+/m0/s1. The van der Waals surface area contributed by atoms with Crippen LogP contribution in [0.25, 0.3) is 0 Å². The number of esters is 2. The normalized spacial score (nSPS) is 40.6. The van der Waals surface area contributed by atoms with Crippen molar-refractivity contribution in [3.8, 4) is 0 Å². The molecule has 0 aromatic heterocycles. The predicted octanol–water partition coefficient (Wildman–Crippen LogP) is 1.63. The van der Waals surface area contributed by atoms with Gasteiger partial charge in [0.25, 0.3) is 0 Å². The van der Waals surface area contributed by atoms with Gasteiger partial charge in [0, 0.05) is 49.4 Å². The molecule has 1 spiro atoms. The van der Waals surface area contributed by atoms with Crippen LogP contribution < -0.4 is 4.90 Å². The van der Waals surface area contributed by atoms with Gasteiger partial charge in [0.15, 0.2) is 0 Å². The van der Waals surface area contributed by atoms with Crippen LogP contribution in [0, 0.1) is 11.8 Å². The lowest BCUT2D eigenvalue weighted by atomic mass is 9.53. The molecule has 5 aliphatic rings. The van der Waals surface area contributed by atoms with Crippen LogP contribution in [0.15, 0.2) is 24.3 Å². The number of ether oxygens (including phenoxy) is 2. The van der Waals surface area contributed by atoms with Crippen LogP contribution in [-0.2, 0) is 29.3 Å². The molecule has 4 fully saturated rings. The minimum absolute atomic E-state index is 0.0225. The van der Waals surface area contributed by atoms with E-state index in [4.69, 9.17) is 9.47 Å². The third-order valence-corrected chi connectivity index (χ3v) is 8.27. The minimum atomic E-state index is -0.474. The zero-order valence-corrected chi connectivity index (χ0v) is 17.2. The summed E-state index contributed by atoms with van der Waals surface area (Å²) in [7, 11) is 0. The zero-order valence-electron chi connectivity index (χ0n) is 17.2. The molecule has 7 nitrogen and oxygen atoms in total. The first-order valence-electron chi connectivity index (χ1n) is 10.9. The van der Waals surface area contributed by atoms with Crippen molar-refractivity contribution in [2.24, 2.45) is 11.8 Å². The molecule has 1 amide bonds. The summed E-state index contributed by atoms with van der Waals surface area (Å²) in [5, 5.41) is 0. The van der Waals surface area contributed by atoms with E-state index in [1.807, 2.05) is 11.0 Å². The summed E-state index contributed by atoms with van der Waals surface area (Å²) in [5.74, 6) is -0.590. The fourth-order valence-corrected chi connectivity index (χ4v) is 7.61. The van der Waals surface area contributed by atoms with Crippen LogP contribution >= 0.6 is 0 Å². The molecule has 30 heavy (non-hydrogen) atoms. The summed E-state index contributed by atoms with van der Waals surface area (Å²) >= 11 is 0. The lowest BCUT2D eigenvalue weighted by Crippen LogP contribution is -2.71. The molecule has 1 saturated carbocycles. The van der Waals surface area contributed by atoms with Crippen molar-refractivity contribution in [3.63, 3.8) is 0 Å². The quantitative estimate of drug-likeness (QED) is 0.690. The molecule has 4 aliphatic heterocycles. The molecule has 7 heteroatoms. The average Bonchev–Trinajstić information content (AvgIpc) is 3.22. The van der Waals surface area contributed by atoms with Crippen molar-refractivity contribution < 1.29 is 23.9 Å². The minimum Gasteiger partial charge on any atom is -0.462 e. The molecule has 0 N–H and O–H groups in total. The van der Waals surface area contributed by atoms with Gasteiger partial charge >= 0.3 is 11.9 Å². The van der Waals surface area contributed by atoms with Gasteiger partial charge in [-0.15, -0.1) is 0 Å². The molecule has 0 unspecified atom stereocenters. The molecule has 158 valence electrons. The molecule has 7 atom stereocenters. The maximum Gasteiger partial charge on any atom is 0.302 e. The summed E-state index contributed by atoms with van der Waals surface area (Å²) in [6.07, 6.45) is 1.33. The second-order valence-corrected chi connectivity index (χ2v) is 9.50. The molecule has 1 aromatic rings. The number of anilines is 1. The van der Waals surface area contributed by atoms with Crippen molar-refractivity contribution >= 4 is 23.5 Å². The van der Waals surface area contributed by atoms with Crippen molar-refractivity contribution in [2.45, 2.75) is 62.8 Å². The van der Waals surface area contributed by atoms with Crippen LogP contribution in [0.2, 0.25) is 0 Å². The lowest BCUT2D eigenvalue weighted by Gasteiger charge is -2.59. The summed E-state index contributed by atoms with van der Waals surface area (Å²) < 4.78 is 11.6. The first-order valence-corrected chi connectivity index (χ1v) is 10.9. The van der Waals surface area contributed by atoms with Gasteiger partial charge in [0.1, 0.15) is 12.2 Å². The predicted molar refractivity (Wildman–Crippen MR) is 107 cm³/mol. The van der Waals surface area contributed by atoms with Gasteiger partial charge in [0.2, 0.25) is 5.91 Å². The maximum atomic E-state index is 13.3. The topological polar surface area (TPSA) is 76.2 Å². The second kappa shape index (κ2) is 6.06. The Morgan fingerprint density at radius 3 is 2.60 bits per heavy atom. The molecular formula is C23H26N2O5. The SMILES string of the molecule is CC(=O)O[C@H]1CN2CC[C@@]34c5ccccc5N5C(=O)C[C@@H](OC(C)=O)[C@H]([C@H]1C[C@H]23)[C@H]54. The van der Waals surface area contributed by atoms with Crippen LogP contribution in [0.4, 0.5) is 5.69 Å². The van der Waals surface area contributed by atoms with Gasteiger partial charge in [-0.2, -0.15) is 0 Å². The van der Waals surface area contributed by atoms with E-state index in [1.165, 1.54) is 19.4 Å². The Bertz CT molecular complexity index is 963. The van der Waals surface area contributed by atoms with Crippen LogP contribution in [0.1, 0.15) is 38.7 Å². The highest BCUT2D eigenvalue weighted by molar-refractivity contribution is 5.99. The summed E-state index contributed by atoms with van der Waals surface area (Å²) in [5.41, 5.74) is 2.12. The number of fused-ring (bicyclic) bond motifs is 4. The van der Waals surface area contributed by atoms with Crippen LogP contribution in [-0.4, -0.2) is 60.1 Å². The van der Waals surface area contributed by atoms with Crippen molar-refractivity contribution in [1.29, 1.82) is 0 Å². The molecule has 4 heterocycles. The number of nitrogens with zero attached hydrogens (tertiary/aromatic N) is 2. The zero-order chi connectivity index (χ0) is 20.8. The van der Waals surface area contributed by atoms with Crippen molar-refractivity contribution in [1.82, 2.24) is 4.90 Å². The van der Waals surface area contributed by atoms with Gasteiger partial charge in [-0.05, 0) is 31.0 Å². The van der Waals surface area contributed by atoms with Gasteiger partial charge < -0.3 is 14.4 Å². The monoisotopic (exact) mass is 410 g/mol. The number of carbonyl (C=O) groups is 3. The second-order valence-electron chi connectivity index (χ2n) is 9.50. The van der Waals surface area contributed by atoms with Crippen LogP contribution in [0.5, 0.6) is 0 Å². The Morgan fingerprint density at radius 1 is 1.10 bits per heavy atom. The summed E-state index contributed by atoms with van der Waals surface area (Å²) in [6, 6.07) is 8.54. The molecule has 1 aliphatic carbocycles. The van der Waals surface area contributed by atoms with Gasteiger partial charge in [0.05, 0.1) is 12.5 Å². The number of amides is 1. The van der Waals surface area contributed by atoms with E-state index in [0.29, 0.717) is 12.6 Å². The average molecular weight is 410 g/mol. The Kier molecular flexibility index (Phi) is 3.71. The number of para-hydroxylation sites is 1. The number of hydrogen-bond donors (Lipinski definition) is 0. The largest absolute Gasteiger partial charge is 0.462 e. The number of piperidine rings is 2. The number of carbonyl (C=O) groups excluding carboxylic acids is 3. The van der Waals surface area contributed by atoms with Gasteiger partial charge in [-0.25, -0.2) is 0 Å². The van der Waals surface area contributed by atoms with Crippen molar-refractivity contribution in [2.75, 3.05) is 18.0 Å². The fraction of sp³-hybridized carbons (Fsp3) is 0.609. The van der Waals surface area contributed by atoms with Crippen molar-refractivity contribution in [3.05, 3.63) is 29.8 Å². The van der Waals surface area contributed by atoms with E-state index in [-0.39, 0.29) is 53.7 Å². The van der Waals surface area contributed by atoms with E-state index < -0.39 is 6.10 Å². The summed E-state index contributed by atoms with van der Waals surface area (Å²) in [4.78, 5) is 41.6. The Morgan fingerprint density at radius 2 is 1.83 bits per heavy atom. The molecule has 0 radical (unpaired) electrons. The molecule has 3 saturated heterocycles. The maximum absolute atomic E-state index is 13.3. The van der Waals surface area contributed by atoms with Crippen LogP contribution in [0.3, 0.4) is 0 Å². The van der Waals surface area contributed by atoms with Gasteiger partial charge in [-0.1, -0.05) is 18.2 Å². The third kappa shape index (κ3) is 2.16.